The van der Waals surface area contributed by atoms with Crippen LogP contribution in [-0.2, 0) is 4.74 Å². The Labute approximate surface area is 83.4 Å². The van der Waals surface area contributed by atoms with Gasteiger partial charge in [-0.25, -0.2) is 0 Å². The maximum Gasteiger partial charge on any atom is 0.191 e. The predicted octanol–water partition coefficient (Wildman–Crippen LogP) is 1.58. The number of ketones is 1. The zero-order chi connectivity index (χ0) is 10.4. The normalized spacial score (nSPS) is 10.9. The molecular weight excluding hydrogens is 178 g/mol. The summed E-state index contributed by atoms with van der Waals surface area (Å²) < 4.78 is 4.92. The van der Waals surface area contributed by atoms with Gasteiger partial charge in [0.25, 0.3) is 0 Å². The zero-order valence-corrected chi connectivity index (χ0v) is 8.28. The van der Waals surface area contributed by atoms with Crippen molar-refractivity contribution < 1.29 is 9.53 Å². The maximum absolute atomic E-state index is 11.6. The summed E-state index contributed by atoms with van der Waals surface area (Å²) in [4.78, 5) is 11.6. The van der Waals surface area contributed by atoms with Gasteiger partial charge in [-0.2, -0.15) is 0 Å². The monoisotopic (exact) mass is 191 g/mol. The van der Waals surface area contributed by atoms with Crippen molar-refractivity contribution in [1.82, 2.24) is 5.32 Å². The number of hydrogen-bond acceptors (Lipinski definition) is 3. The fourth-order valence-corrected chi connectivity index (χ4v) is 1.04. The number of hydrogen-bond donors (Lipinski definition) is 1. The van der Waals surface area contributed by atoms with Crippen molar-refractivity contribution in [1.29, 1.82) is 0 Å². The number of methoxy groups -OCH3 is 1. The quantitative estimate of drug-likeness (QED) is 0.446. The van der Waals surface area contributed by atoms with Gasteiger partial charge in [-0.3, -0.25) is 4.79 Å². The Morgan fingerprint density at radius 2 is 2.00 bits per heavy atom. The summed E-state index contributed by atoms with van der Waals surface area (Å²) in [6.45, 7) is 0. The third-order valence-electron chi connectivity index (χ3n) is 1.79. The molecule has 0 amide bonds. The Morgan fingerprint density at radius 3 is 2.50 bits per heavy atom. The van der Waals surface area contributed by atoms with Gasteiger partial charge in [-0.1, -0.05) is 30.3 Å². The Morgan fingerprint density at radius 1 is 1.36 bits per heavy atom. The third kappa shape index (κ3) is 2.62. The summed E-state index contributed by atoms with van der Waals surface area (Å²) in [6, 6.07) is 9.05. The molecule has 0 saturated heterocycles. The van der Waals surface area contributed by atoms with E-state index < -0.39 is 0 Å². The summed E-state index contributed by atoms with van der Waals surface area (Å²) in [5.74, 6) is 0.385. The van der Waals surface area contributed by atoms with Gasteiger partial charge in [0.05, 0.1) is 7.11 Å². The van der Waals surface area contributed by atoms with Crippen LogP contribution >= 0.6 is 0 Å². The van der Waals surface area contributed by atoms with Gasteiger partial charge in [0.2, 0.25) is 0 Å². The number of allylic oxidation sites excluding steroid dienone is 1. The van der Waals surface area contributed by atoms with Gasteiger partial charge in [0.15, 0.2) is 11.7 Å². The minimum absolute atomic E-state index is 0.0724. The molecule has 3 nitrogen and oxygen atoms in total. The number of rotatable bonds is 4. The molecule has 0 fully saturated rings. The molecule has 0 aliphatic heterocycles. The van der Waals surface area contributed by atoms with Gasteiger partial charge in [-0.15, -0.1) is 0 Å². The van der Waals surface area contributed by atoms with Crippen LogP contribution in [-0.4, -0.2) is 19.9 Å². The third-order valence-corrected chi connectivity index (χ3v) is 1.79. The summed E-state index contributed by atoms with van der Waals surface area (Å²) in [5, 5.41) is 2.77. The van der Waals surface area contributed by atoms with Crippen LogP contribution in [0.15, 0.2) is 42.3 Å². The van der Waals surface area contributed by atoms with Crippen LogP contribution in [0.1, 0.15) is 10.4 Å². The lowest BCUT2D eigenvalue weighted by Gasteiger charge is -2.03. The molecule has 1 rings (SSSR count). The molecular formula is C11H13NO2. The van der Waals surface area contributed by atoms with Crippen LogP contribution in [0.5, 0.6) is 0 Å². The van der Waals surface area contributed by atoms with E-state index in [4.69, 9.17) is 4.74 Å². The molecule has 0 aromatic heterocycles. The molecule has 0 aliphatic rings. The zero-order valence-electron chi connectivity index (χ0n) is 8.28. The van der Waals surface area contributed by atoms with Gasteiger partial charge >= 0.3 is 0 Å². The molecule has 0 spiro atoms. The molecule has 14 heavy (non-hydrogen) atoms. The van der Waals surface area contributed by atoms with Crippen LogP contribution in [0, 0.1) is 0 Å². The van der Waals surface area contributed by atoms with Gasteiger partial charge in [-0.05, 0) is 0 Å². The summed E-state index contributed by atoms with van der Waals surface area (Å²) in [7, 11) is 3.22. The molecule has 0 saturated carbocycles. The molecule has 0 radical (unpaired) electrons. The topological polar surface area (TPSA) is 38.3 Å². The van der Waals surface area contributed by atoms with E-state index in [0.717, 1.165) is 0 Å². The highest BCUT2D eigenvalue weighted by molar-refractivity contribution is 6.04. The van der Waals surface area contributed by atoms with E-state index in [2.05, 4.69) is 5.32 Å². The van der Waals surface area contributed by atoms with Crippen molar-refractivity contribution in [2.24, 2.45) is 0 Å². The van der Waals surface area contributed by atoms with Gasteiger partial charge in [0, 0.05) is 18.7 Å². The average Bonchev–Trinajstić information content (AvgIpc) is 2.26. The van der Waals surface area contributed by atoms with Crippen LogP contribution in [0.25, 0.3) is 0 Å². The van der Waals surface area contributed by atoms with Gasteiger partial charge in [0.1, 0.15) is 0 Å². The first kappa shape index (κ1) is 10.3. The number of ether oxygens (including phenoxy) is 1. The lowest BCUT2D eigenvalue weighted by Crippen LogP contribution is -2.10. The average molecular weight is 191 g/mol. The van der Waals surface area contributed by atoms with Crippen LogP contribution in [0.2, 0.25) is 0 Å². The van der Waals surface area contributed by atoms with Gasteiger partial charge < -0.3 is 10.1 Å². The van der Waals surface area contributed by atoms with E-state index in [9.17, 15) is 4.79 Å². The minimum Gasteiger partial charge on any atom is -0.482 e. The van der Waals surface area contributed by atoms with Crippen molar-refractivity contribution in [2.75, 3.05) is 14.2 Å². The van der Waals surface area contributed by atoms with Crippen molar-refractivity contribution in [3.63, 3.8) is 0 Å². The van der Waals surface area contributed by atoms with Crippen molar-refractivity contribution >= 4 is 5.78 Å². The molecule has 0 heterocycles. The summed E-state index contributed by atoms with van der Waals surface area (Å²) >= 11 is 0. The van der Waals surface area contributed by atoms with E-state index in [1.54, 1.807) is 19.2 Å². The molecule has 1 N–H and O–H groups in total. The van der Waals surface area contributed by atoms with Crippen molar-refractivity contribution in [3.8, 4) is 0 Å². The van der Waals surface area contributed by atoms with E-state index >= 15 is 0 Å². The van der Waals surface area contributed by atoms with E-state index in [1.807, 2.05) is 18.2 Å². The highest BCUT2D eigenvalue weighted by Gasteiger charge is 2.02. The van der Waals surface area contributed by atoms with E-state index in [0.29, 0.717) is 11.4 Å². The lowest BCUT2D eigenvalue weighted by atomic mass is 10.1. The fraction of sp³-hybridized carbons (Fsp3) is 0.182. The van der Waals surface area contributed by atoms with E-state index in [1.165, 1.54) is 13.2 Å². The summed E-state index contributed by atoms with van der Waals surface area (Å²) in [5.41, 5.74) is 0.650. The first-order chi connectivity index (χ1) is 6.77. The van der Waals surface area contributed by atoms with Crippen molar-refractivity contribution in [3.05, 3.63) is 47.9 Å². The van der Waals surface area contributed by atoms with Crippen molar-refractivity contribution in [2.45, 2.75) is 0 Å². The number of benzene rings is 1. The Hall–Kier alpha value is -1.77. The Bertz CT molecular complexity index is 324. The maximum atomic E-state index is 11.6. The standard InChI is InChI=1S/C11H13NO2/c1-12-11(14-2)8-10(13)9-6-4-3-5-7-9/h3-8,12H,1-2H3/b11-8+. The number of carbonyl (C=O) groups is 1. The number of nitrogens with one attached hydrogen (secondary N) is 1. The lowest BCUT2D eigenvalue weighted by molar-refractivity contribution is 0.104. The highest BCUT2D eigenvalue weighted by Crippen LogP contribution is 2.02. The second-order valence-electron chi connectivity index (χ2n) is 2.69. The molecule has 1 aromatic rings. The smallest absolute Gasteiger partial charge is 0.191 e. The second-order valence-corrected chi connectivity index (χ2v) is 2.69. The van der Waals surface area contributed by atoms with Crippen LogP contribution in [0.3, 0.4) is 0 Å². The molecule has 74 valence electrons. The minimum atomic E-state index is -0.0724. The van der Waals surface area contributed by atoms with Crippen LogP contribution in [0.4, 0.5) is 0 Å². The first-order valence-electron chi connectivity index (χ1n) is 4.30. The fourth-order valence-electron chi connectivity index (χ4n) is 1.04. The molecule has 0 unspecified atom stereocenters. The van der Waals surface area contributed by atoms with E-state index in [-0.39, 0.29) is 5.78 Å². The Balaban J connectivity index is 2.82. The number of carbonyl (C=O) groups excluding carboxylic acids is 1. The predicted molar refractivity (Wildman–Crippen MR) is 54.9 cm³/mol. The first-order valence-corrected chi connectivity index (χ1v) is 4.30. The molecule has 1 aromatic carbocycles. The highest BCUT2D eigenvalue weighted by atomic mass is 16.5. The second kappa shape index (κ2) is 5.07. The summed E-state index contributed by atoms with van der Waals surface area (Å²) in [6.07, 6.45) is 1.43. The van der Waals surface area contributed by atoms with Crippen LogP contribution < -0.4 is 5.32 Å². The molecule has 0 aliphatic carbocycles. The molecule has 3 heteroatoms. The Kier molecular flexibility index (Phi) is 3.73. The molecule has 0 bridgehead atoms. The SMILES string of the molecule is CN/C(=C\C(=O)c1ccccc1)OC. The molecule has 0 atom stereocenters. The largest absolute Gasteiger partial charge is 0.482 e.